The second kappa shape index (κ2) is 23.9. The Morgan fingerprint density at radius 1 is 0.184 bits per heavy atom. The van der Waals surface area contributed by atoms with Crippen LogP contribution in [-0.4, -0.2) is 55.6 Å². The molecule has 528 valence electrons. The van der Waals surface area contributed by atoms with Gasteiger partial charge in [-0.3, -0.25) is 0 Å². The van der Waals surface area contributed by atoms with Crippen molar-refractivity contribution < 1.29 is 245 Å². The van der Waals surface area contributed by atoms with Crippen molar-refractivity contribution >= 4 is 71.1 Å². The molecular formula is C56H20BCsF40. The largest absolute Gasteiger partial charge is 1.00 e. The second-order valence-electron chi connectivity index (χ2n) is 21.2. The number of hydrogen-bond donors (Lipinski definition) is 0. The molecule has 98 heavy (non-hydrogen) atoms. The predicted molar refractivity (Wildman–Crippen MR) is 260 cm³/mol. The number of alkyl halides is 40. The molecule has 0 atom stereocenters. The van der Waals surface area contributed by atoms with Crippen molar-refractivity contribution in [3.63, 3.8) is 0 Å². The van der Waals surface area contributed by atoms with Crippen LogP contribution in [0, 0.1) is 0 Å². The van der Waals surface area contributed by atoms with Crippen molar-refractivity contribution in [2.45, 2.75) is 96.8 Å². The molecule has 0 bridgehead atoms. The molecule has 0 spiro atoms. The average Bonchev–Trinajstić information content (AvgIpc) is 0.652. The summed E-state index contributed by atoms with van der Waals surface area (Å²) in [6.07, 6.45) is -76.6. The van der Waals surface area contributed by atoms with Crippen LogP contribution in [0.1, 0.15) is 44.5 Å². The molecule has 0 radical (unpaired) electrons. The van der Waals surface area contributed by atoms with Crippen molar-refractivity contribution in [2.24, 2.45) is 0 Å². The molecule has 0 amide bonds. The van der Waals surface area contributed by atoms with E-state index < -0.39 is 285 Å². The van der Waals surface area contributed by atoms with Gasteiger partial charge in [-0.15, -0.1) is 0 Å². The van der Waals surface area contributed by atoms with Crippen molar-refractivity contribution in [2.75, 3.05) is 0 Å². The summed E-state index contributed by atoms with van der Waals surface area (Å²) in [5, 5.41) is -22.9. The summed E-state index contributed by atoms with van der Waals surface area (Å²) in [7, 11) is 0. The standard InChI is InChI=1S/C56H20BF40.Cs/c58-41(59,49(74,75)76)29-17-21-9-1-5-13-25(21)37(33(29)45(66,67)53(86,87)88)57(38-26-14-6-2-10-22(26)18-30(42(60,61)50(77,78)79)34(38)46(68,69)54(89,90)91,39-27-15-7-3-11-23(27)19-31(43(62,63)51(80,81)82)35(39)47(70,71)55(92,93)94)40-28-16-8-4-12-24(28)20-32(44(64,65)52(83,84)85)36(40)48(72,73)56(95,96)97;/h1-20H;/q-1;+1. The molecule has 0 N–H and O–H groups in total. The Morgan fingerprint density at radius 2 is 0.316 bits per heavy atom. The molecule has 0 heterocycles. The third kappa shape index (κ3) is 11.8. The first-order valence-electron chi connectivity index (χ1n) is 25.3. The van der Waals surface area contributed by atoms with Gasteiger partial charge in [0.2, 0.25) is 0 Å². The molecular weight excluding hydrogens is 1580 g/mol. The Hall–Kier alpha value is -5.88. The molecule has 0 aromatic heterocycles. The molecule has 0 unspecified atom stereocenters. The number of fused-ring (bicyclic) bond motifs is 4. The zero-order valence-corrected chi connectivity index (χ0v) is 52.5. The van der Waals surface area contributed by atoms with Gasteiger partial charge in [0.05, 0.1) is 0 Å². The summed E-state index contributed by atoms with van der Waals surface area (Å²) < 4.78 is 652. The zero-order chi connectivity index (χ0) is 74.2. The molecule has 0 saturated heterocycles. The normalized spacial score (nSPS) is 14.9. The van der Waals surface area contributed by atoms with Crippen LogP contribution in [0.25, 0.3) is 43.1 Å². The minimum atomic E-state index is -9.45. The van der Waals surface area contributed by atoms with Gasteiger partial charge < -0.3 is 0 Å². The Bertz CT molecular complexity index is 3850. The van der Waals surface area contributed by atoms with E-state index in [0.29, 0.717) is 0 Å². The minimum Gasteiger partial charge on any atom is -0.191 e. The number of benzene rings is 8. The van der Waals surface area contributed by atoms with E-state index in [1.54, 1.807) is 0 Å². The van der Waals surface area contributed by atoms with E-state index in [1.165, 1.54) is 0 Å². The summed E-state index contributed by atoms with van der Waals surface area (Å²) in [5.41, 5.74) is -58.3. The first-order chi connectivity index (χ1) is 43.3. The van der Waals surface area contributed by atoms with E-state index in [-0.39, 0.29) is 117 Å². The van der Waals surface area contributed by atoms with E-state index in [2.05, 4.69) is 0 Å². The first-order valence-corrected chi connectivity index (χ1v) is 25.3. The van der Waals surface area contributed by atoms with Gasteiger partial charge in [0.1, 0.15) is 6.15 Å². The van der Waals surface area contributed by atoms with E-state index in [0.717, 1.165) is 0 Å². The fraction of sp³-hybridized carbons (Fsp3) is 0.286. The molecule has 8 aromatic carbocycles. The molecule has 0 nitrogen and oxygen atoms in total. The van der Waals surface area contributed by atoms with Crippen LogP contribution in [0.3, 0.4) is 0 Å². The summed E-state index contributed by atoms with van der Waals surface area (Å²) in [6.45, 7) is 0. The maximum Gasteiger partial charge on any atom is 1.00 e. The fourth-order valence-electron chi connectivity index (χ4n) is 11.7. The van der Waals surface area contributed by atoms with Gasteiger partial charge in [-0.25, -0.2) is 0 Å². The molecule has 0 saturated carbocycles. The predicted octanol–water partition coefficient (Wildman–Crippen LogP) is 17.9. The van der Waals surface area contributed by atoms with Gasteiger partial charge in [0.25, 0.3) is 0 Å². The Kier molecular flexibility index (Phi) is 19.3. The number of halogens is 40. The third-order valence-corrected chi connectivity index (χ3v) is 15.5. The average molecular weight is 1600 g/mol. The van der Waals surface area contributed by atoms with Gasteiger partial charge in [0.15, 0.2) is 0 Å². The number of rotatable bonds is 12. The topological polar surface area (TPSA) is 0 Å². The van der Waals surface area contributed by atoms with E-state index >= 15 is 176 Å². The van der Waals surface area contributed by atoms with Crippen LogP contribution in [0.2, 0.25) is 0 Å². The van der Waals surface area contributed by atoms with E-state index in [9.17, 15) is 0 Å². The van der Waals surface area contributed by atoms with Gasteiger partial charge >= 0.3 is 166 Å². The van der Waals surface area contributed by atoms with Crippen molar-refractivity contribution in [3.05, 3.63) is 166 Å². The molecule has 0 aliphatic rings. The SMILES string of the molecule is FC(F)(F)C(F)(F)c1cc2ccccc2c([B-](c2c(C(F)(F)C(F)(F)F)c(C(F)(F)C(F)(F)F)cc3ccccc23)(c2c(C(F)(F)C(F)(F)F)c(C(F)(F)C(F)(F)F)cc3ccccc23)c2c(C(F)(F)C(F)(F)F)c(C(F)(F)C(F)(F)F)cc3ccccc23)c1C(F)(F)C(F)(F)F.[Cs+]. The van der Waals surface area contributed by atoms with Crippen molar-refractivity contribution in [1.29, 1.82) is 0 Å². The van der Waals surface area contributed by atoms with Crippen LogP contribution >= 0.6 is 0 Å². The van der Waals surface area contributed by atoms with Crippen LogP contribution in [0.5, 0.6) is 0 Å². The summed E-state index contributed by atoms with van der Waals surface area (Å²) in [5.74, 6) is -67.3. The fourth-order valence-corrected chi connectivity index (χ4v) is 11.7. The molecule has 0 aliphatic heterocycles. The Labute approximate surface area is 574 Å². The van der Waals surface area contributed by atoms with Crippen LogP contribution in [0.4, 0.5) is 176 Å². The van der Waals surface area contributed by atoms with Gasteiger partial charge in [0, 0.05) is 44.5 Å². The van der Waals surface area contributed by atoms with Crippen molar-refractivity contribution in [3.8, 4) is 0 Å². The maximum absolute atomic E-state index is 17.9. The zero-order valence-electron chi connectivity index (χ0n) is 46.2. The Balaban J connectivity index is 0.0000135. The number of hydrogen-bond acceptors (Lipinski definition) is 0. The minimum absolute atomic E-state index is 0. The molecule has 8 aromatic rings. The molecule has 0 aliphatic carbocycles. The first kappa shape index (κ1) is 79.4. The summed E-state index contributed by atoms with van der Waals surface area (Å²) in [6, 6.07) is -12.8. The van der Waals surface area contributed by atoms with Crippen molar-refractivity contribution in [1.82, 2.24) is 0 Å². The summed E-state index contributed by atoms with van der Waals surface area (Å²) in [4.78, 5) is 0. The quantitative estimate of drug-likeness (QED) is 0.0845. The molecule has 8 rings (SSSR count). The molecule has 0 fully saturated rings. The van der Waals surface area contributed by atoms with E-state index in [1.807, 2.05) is 0 Å². The van der Waals surface area contributed by atoms with Crippen LogP contribution < -0.4 is 90.7 Å². The molecule has 42 heteroatoms. The Morgan fingerprint density at radius 3 is 0.449 bits per heavy atom. The van der Waals surface area contributed by atoms with Gasteiger partial charge in [-0.2, -0.15) is 197 Å². The summed E-state index contributed by atoms with van der Waals surface area (Å²) >= 11 is 0. The monoisotopic (exact) mass is 1600 g/mol. The van der Waals surface area contributed by atoms with Crippen LogP contribution in [-0.2, 0) is 47.4 Å². The maximum atomic E-state index is 17.9. The smallest absolute Gasteiger partial charge is 0.191 e. The second-order valence-corrected chi connectivity index (χ2v) is 21.2. The van der Waals surface area contributed by atoms with Gasteiger partial charge in [-0.1, -0.05) is 119 Å². The van der Waals surface area contributed by atoms with E-state index in [4.69, 9.17) is 0 Å². The third-order valence-electron chi connectivity index (χ3n) is 15.5. The van der Waals surface area contributed by atoms with Gasteiger partial charge in [-0.05, 0) is 45.8 Å². The van der Waals surface area contributed by atoms with Crippen LogP contribution in [0.15, 0.2) is 121 Å².